The van der Waals surface area contributed by atoms with Crippen molar-refractivity contribution in [1.82, 2.24) is 9.78 Å². The maximum absolute atomic E-state index is 13.0. The second-order valence-electron chi connectivity index (χ2n) is 2.46. The molecule has 1 unspecified atom stereocenters. The summed E-state index contributed by atoms with van der Waals surface area (Å²) < 4.78 is 14.6. The van der Waals surface area contributed by atoms with Crippen molar-refractivity contribution in [3.63, 3.8) is 0 Å². The zero-order chi connectivity index (χ0) is 8.27. The summed E-state index contributed by atoms with van der Waals surface area (Å²) in [4.78, 5) is 0. The molecule has 1 heterocycles. The van der Waals surface area contributed by atoms with Crippen LogP contribution in [0, 0.1) is 0 Å². The van der Waals surface area contributed by atoms with Crippen molar-refractivity contribution in [3.8, 4) is 0 Å². The number of aromatic nitrogens is 2. The highest BCUT2D eigenvalue weighted by Crippen LogP contribution is 2.17. The van der Waals surface area contributed by atoms with Crippen LogP contribution in [0.1, 0.15) is 18.3 Å². The van der Waals surface area contributed by atoms with Gasteiger partial charge < -0.3 is 5.73 Å². The quantitative estimate of drug-likeness (QED) is 0.704. The van der Waals surface area contributed by atoms with Crippen LogP contribution in [-0.2, 0) is 7.05 Å². The molecule has 62 valence electrons. The van der Waals surface area contributed by atoms with Gasteiger partial charge in [0.2, 0.25) is 0 Å². The van der Waals surface area contributed by atoms with E-state index in [4.69, 9.17) is 5.73 Å². The second kappa shape index (κ2) is 3.48. The van der Waals surface area contributed by atoms with E-state index < -0.39 is 6.17 Å². The highest BCUT2D eigenvalue weighted by Gasteiger charge is 2.10. The van der Waals surface area contributed by atoms with Crippen LogP contribution in [0.3, 0.4) is 0 Å². The first-order valence-electron chi connectivity index (χ1n) is 3.57. The van der Waals surface area contributed by atoms with Crippen LogP contribution < -0.4 is 5.73 Å². The first-order valence-corrected chi connectivity index (χ1v) is 3.57. The highest BCUT2D eigenvalue weighted by atomic mass is 19.1. The molecule has 0 aromatic carbocycles. The summed E-state index contributed by atoms with van der Waals surface area (Å²) in [6, 6.07) is 1.67. The Bertz CT molecular complexity index is 221. The molecule has 3 nitrogen and oxygen atoms in total. The molecule has 0 aliphatic carbocycles. The van der Waals surface area contributed by atoms with Crippen molar-refractivity contribution in [2.24, 2.45) is 12.8 Å². The molecular weight excluding hydrogens is 145 g/mol. The predicted octanol–water partition coefficient (Wildman–Crippen LogP) is 0.779. The fourth-order valence-electron chi connectivity index (χ4n) is 0.894. The molecular formula is C7H12FN3. The molecule has 0 aliphatic heterocycles. The summed E-state index contributed by atoms with van der Waals surface area (Å²) in [5.41, 5.74) is 5.67. The van der Waals surface area contributed by atoms with E-state index in [9.17, 15) is 4.39 Å². The van der Waals surface area contributed by atoms with E-state index in [2.05, 4.69) is 5.10 Å². The maximum atomic E-state index is 13.0. The Labute approximate surface area is 65.0 Å². The van der Waals surface area contributed by atoms with Gasteiger partial charge >= 0.3 is 0 Å². The van der Waals surface area contributed by atoms with Crippen LogP contribution in [0.4, 0.5) is 4.39 Å². The normalized spacial score (nSPS) is 13.4. The Morgan fingerprint density at radius 3 is 3.00 bits per heavy atom. The number of nitrogens with two attached hydrogens (primary N) is 1. The topological polar surface area (TPSA) is 43.8 Å². The number of alkyl halides is 1. The summed E-state index contributed by atoms with van der Waals surface area (Å²) in [6.07, 6.45) is 1.05. The fraction of sp³-hybridized carbons (Fsp3) is 0.571. The average Bonchev–Trinajstić information content (AvgIpc) is 2.36. The number of rotatable bonds is 3. The molecule has 2 N–H and O–H groups in total. The minimum Gasteiger partial charge on any atom is -0.330 e. The Morgan fingerprint density at radius 2 is 2.55 bits per heavy atom. The van der Waals surface area contributed by atoms with Gasteiger partial charge in [0.25, 0.3) is 0 Å². The minimum absolute atomic E-state index is 0.344. The van der Waals surface area contributed by atoms with Crippen molar-refractivity contribution in [3.05, 3.63) is 18.0 Å². The van der Waals surface area contributed by atoms with Gasteiger partial charge in [0.05, 0.1) is 5.69 Å². The number of hydrogen-bond donors (Lipinski definition) is 1. The van der Waals surface area contributed by atoms with E-state index in [1.54, 1.807) is 24.0 Å². The van der Waals surface area contributed by atoms with Crippen molar-refractivity contribution >= 4 is 0 Å². The summed E-state index contributed by atoms with van der Waals surface area (Å²) in [5, 5.41) is 3.92. The van der Waals surface area contributed by atoms with E-state index >= 15 is 0 Å². The summed E-state index contributed by atoms with van der Waals surface area (Å²) in [6.45, 7) is 0.359. The van der Waals surface area contributed by atoms with Gasteiger partial charge in [0, 0.05) is 13.2 Å². The van der Waals surface area contributed by atoms with Gasteiger partial charge in [0.1, 0.15) is 6.17 Å². The van der Waals surface area contributed by atoms with E-state index in [1.165, 1.54) is 0 Å². The van der Waals surface area contributed by atoms with Crippen molar-refractivity contribution in [2.45, 2.75) is 12.6 Å². The molecule has 0 amide bonds. The third-order valence-corrected chi connectivity index (χ3v) is 1.48. The Balaban J connectivity index is 2.60. The van der Waals surface area contributed by atoms with Crippen LogP contribution in [0.2, 0.25) is 0 Å². The molecule has 1 aromatic heterocycles. The molecule has 1 atom stereocenters. The van der Waals surface area contributed by atoms with Gasteiger partial charge in [-0.1, -0.05) is 0 Å². The van der Waals surface area contributed by atoms with Crippen molar-refractivity contribution < 1.29 is 4.39 Å². The number of hydrogen-bond acceptors (Lipinski definition) is 2. The summed E-state index contributed by atoms with van der Waals surface area (Å²) in [5.74, 6) is 0. The number of halogens is 1. The van der Waals surface area contributed by atoms with Crippen LogP contribution >= 0.6 is 0 Å². The van der Waals surface area contributed by atoms with Gasteiger partial charge in [-0.2, -0.15) is 5.10 Å². The molecule has 0 aliphatic rings. The molecule has 0 radical (unpaired) electrons. The fourth-order valence-corrected chi connectivity index (χ4v) is 0.894. The van der Waals surface area contributed by atoms with Gasteiger partial charge in [-0.25, -0.2) is 4.39 Å². The van der Waals surface area contributed by atoms with Crippen LogP contribution in [0.15, 0.2) is 12.3 Å². The van der Waals surface area contributed by atoms with Gasteiger partial charge in [-0.15, -0.1) is 0 Å². The Kier molecular flexibility index (Phi) is 2.59. The number of aryl methyl sites for hydroxylation is 1. The zero-order valence-electron chi connectivity index (χ0n) is 6.50. The third-order valence-electron chi connectivity index (χ3n) is 1.48. The highest BCUT2D eigenvalue weighted by molar-refractivity contribution is 5.02. The van der Waals surface area contributed by atoms with E-state index in [1.807, 2.05) is 0 Å². The van der Waals surface area contributed by atoms with E-state index in [0.717, 1.165) is 0 Å². The first-order chi connectivity index (χ1) is 5.24. The molecule has 4 heteroatoms. The largest absolute Gasteiger partial charge is 0.330 e. The van der Waals surface area contributed by atoms with Gasteiger partial charge in [0.15, 0.2) is 0 Å². The van der Waals surface area contributed by atoms with E-state index in [0.29, 0.717) is 18.7 Å². The van der Waals surface area contributed by atoms with Crippen molar-refractivity contribution in [1.29, 1.82) is 0 Å². The maximum Gasteiger partial charge on any atom is 0.145 e. The molecule has 0 saturated heterocycles. The SMILES string of the molecule is Cn1ccc(C(F)CCN)n1. The van der Waals surface area contributed by atoms with Crippen LogP contribution in [0.5, 0.6) is 0 Å². The smallest absolute Gasteiger partial charge is 0.145 e. The molecule has 1 aromatic rings. The van der Waals surface area contributed by atoms with E-state index in [-0.39, 0.29) is 0 Å². The molecule has 0 spiro atoms. The molecule has 11 heavy (non-hydrogen) atoms. The van der Waals surface area contributed by atoms with Crippen molar-refractivity contribution in [2.75, 3.05) is 6.54 Å². The molecule has 0 fully saturated rings. The summed E-state index contributed by atoms with van der Waals surface area (Å²) >= 11 is 0. The van der Waals surface area contributed by atoms with Gasteiger partial charge in [-0.05, 0) is 19.0 Å². The monoisotopic (exact) mass is 157 g/mol. The Hall–Kier alpha value is -0.900. The molecule has 0 bridgehead atoms. The Morgan fingerprint density at radius 1 is 1.82 bits per heavy atom. The molecule has 1 rings (SSSR count). The lowest BCUT2D eigenvalue weighted by molar-refractivity contribution is 0.318. The third kappa shape index (κ3) is 2.01. The minimum atomic E-state index is -1.01. The van der Waals surface area contributed by atoms with Gasteiger partial charge in [-0.3, -0.25) is 4.68 Å². The second-order valence-corrected chi connectivity index (χ2v) is 2.46. The molecule has 0 saturated carbocycles. The summed E-state index contributed by atoms with van der Waals surface area (Å²) in [7, 11) is 1.76. The zero-order valence-corrected chi connectivity index (χ0v) is 6.50. The first kappa shape index (κ1) is 8.20. The lowest BCUT2D eigenvalue weighted by Gasteiger charge is -2.00. The van der Waals surface area contributed by atoms with Crippen LogP contribution in [-0.4, -0.2) is 16.3 Å². The lowest BCUT2D eigenvalue weighted by atomic mass is 10.2. The predicted molar refractivity (Wildman–Crippen MR) is 40.7 cm³/mol. The van der Waals surface area contributed by atoms with Crippen LogP contribution in [0.25, 0.3) is 0 Å². The lowest BCUT2D eigenvalue weighted by Crippen LogP contribution is -2.04. The standard InChI is InChI=1S/C7H12FN3/c1-11-5-3-7(10-11)6(8)2-4-9/h3,5-6H,2,4,9H2,1H3. The number of nitrogens with zero attached hydrogens (tertiary/aromatic N) is 2. The average molecular weight is 157 g/mol.